The number of carbonyl (C=O) groups is 1. The largest absolute Gasteiger partial charge is 0.490 e. The Kier molecular flexibility index (Phi) is 8.49. The molecule has 12 heteroatoms. The summed E-state index contributed by atoms with van der Waals surface area (Å²) in [6.45, 7) is 2.01. The molecule has 2 aliphatic heterocycles. The third-order valence-electron chi connectivity index (χ3n) is 9.41. The van der Waals surface area contributed by atoms with Crippen molar-refractivity contribution in [2.24, 2.45) is 0 Å². The zero-order chi connectivity index (χ0) is 32.5. The number of rotatable bonds is 6. The van der Waals surface area contributed by atoms with Gasteiger partial charge in [0.2, 0.25) is 0 Å². The number of amides is 1. The normalized spacial score (nSPS) is 18.1. The van der Waals surface area contributed by atoms with E-state index in [2.05, 4.69) is 20.6 Å². The lowest BCUT2D eigenvalue weighted by Crippen LogP contribution is -2.40. The molecule has 1 saturated carbocycles. The van der Waals surface area contributed by atoms with Gasteiger partial charge in [-0.2, -0.15) is 18.4 Å². The fourth-order valence-electron chi connectivity index (χ4n) is 6.67. The van der Waals surface area contributed by atoms with Crippen LogP contribution in [-0.2, 0) is 10.9 Å². The van der Waals surface area contributed by atoms with Crippen LogP contribution in [-0.4, -0.2) is 57.9 Å². The Labute approximate surface area is 269 Å². The highest BCUT2D eigenvalue weighted by Gasteiger charge is 2.34. The van der Waals surface area contributed by atoms with E-state index in [0.717, 1.165) is 72.3 Å². The molecule has 2 aromatic heterocycles. The summed E-state index contributed by atoms with van der Waals surface area (Å²) in [4.78, 5) is 22.3. The van der Waals surface area contributed by atoms with E-state index in [4.69, 9.17) is 14.2 Å². The van der Waals surface area contributed by atoms with Crippen LogP contribution < -0.4 is 9.47 Å². The maximum atomic E-state index is 13.1. The molecule has 2 saturated heterocycles. The summed E-state index contributed by atoms with van der Waals surface area (Å²) in [5, 5.41) is 11.2. The molecular formula is C35H34F3N5O4. The van der Waals surface area contributed by atoms with Gasteiger partial charge in [0.05, 0.1) is 30.0 Å². The molecule has 0 N–H and O–H groups in total. The lowest BCUT2D eigenvalue weighted by molar-refractivity contribution is -0.141. The zero-order valence-corrected chi connectivity index (χ0v) is 25.7. The second-order valence-corrected chi connectivity index (χ2v) is 12.4. The smallest absolute Gasteiger partial charge is 0.433 e. The molecule has 1 amide bonds. The van der Waals surface area contributed by atoms with Crippen LogP contribution >= 0.6 is 0 Å². The van der Waals surface area contributed by atoms with Gasteiger partial charge >= 0.3 is 12.3 Å². The minimum Gasteiger partial charge on any atom is -0.490 e. The SMILES string of the molecule is N#Cc1c(-c2ccc(OC(=O)N3CCC(c4nccc(C(F)(F)F)n4)CC3)cc2)n(C2CCC2)c2cc(OC3CCOCC3)ccc12. The van der Waals surface area contributed by atoms with Crippen molar-refractivity contribution in [3.05, 3.63) is 71.8 Å². The van der Waals surface area contributed by atoms with Crippen molar-refractivity contribution in [3.8, 4) is 28.8 Å². The molecule has 2 aromatic carbocycles. The number of hydrogen-bond acceptors (Lipinski definition) is 7. The topological polar surface area (TPSA) is 102 Å². The zero-order valence-electron chi connectivity index (χ0n) is 25.7. The summed E-state index contributed by atoms with van der Waals surface area (Å²) in [6, 6.07) is 16.7. The first-order chi connectivity index (χ1) is 22.8. The Morgan fingerprint density at radius 2 is 1.68 bits per heavy atom. The number of halogens is 3. The summed E-state index contributed by atoms with van der Waals surface area (Å²) in [6.07, 6.45) is 1.90. The predicted molar refractivity (Wildman–Crippen MR) is 166 cm³/mol. The van der Waals surface area contributed by atoms with E-state index in [-0.39, 0.29) is 23.9 Å². The standard InChI is InChI=1S/C35H34F3N5O4/c36-35(37,38)31-10-15-40-33(41-31)23-11-16-42(17-12-23)34(44)47-25-6-4-22(5-7-25)32-29(21-39)28-9-8-27(46-26-13-18-45-19-14-26)20-30(28)43(32)24-2-1-3-24/h4-10,15,20,23-24,26H,1-3,11-14,16-19H2. The number of alkyl halides is 3. The summed E-state index contributed by atoms with van der Waals surface area (Å²) in [5.41, 5.74) is 2.29. The van der Waals surface area contributed by atoms with Crippen molar-refractivity contribution in [2.45, 2.75) is 69.2 Å². The van der Waals surface area contributed by atoms with Crippen molar-refractivity contribution in [1.29, 1.82) is 5.26 Å². The van der Waals surface area contributed by atoms with E-state index in [9.17, 15) is 23.2 Å². The number of carbonyl (C=O) groups excluding carboxylic acids is 1. The Morgan fingerprint density at radius 1 is 0.957 bits per heavy atom. The molecule has 7 rings (SSSR count). The first-order valence-corrected chi connectivity index (χ1v) is 16.1. The Morgan fingerprint density at radius 3 is 2.34 bits per heavy atom. The van der Waals surface area contributed by atoms with E-state index in [1.54, 1.807) is 17.0 Å². The fraction of sp³-hybridized carbons (Fsp3) is 0.429. The average molecular weight is 646 g/mol. The highest BCUT2D eigenvalue weighted by molar-refractivity contribution is 5.95. The van der Waals surface area contributed by atoms with Crippen LogP contribution in [0.3, 0.4) is 0 Å². The molecule has 0 unspecified atom stereocenters. The molecule has 0 radical (unpaired) electrons. The number of aromatic nitrogens is 3. The Hall–Kier alpha value is -4.63. The Bertz CT molecular complexity index is 1800. The van der Waals surface area contributed by atoms with E-state index >= 15 is 0 Å². The van der Waals surface area contributed by atoms with Crippen LogP contribution in [0.15, 0.2) is 54.7 Å². The molecule has 244 valence electrons. The third-order valence-corrected chi connectivity index (χ3v) is 9.41. The maximum Gasteiger partial charge on any atom is 0.433 e. The van der Waals surface area contributed by atoms with E-state index in [0.29, 0.717) is 50.5 Å². The van der Waals surface area contributed by atoms with E-state index < -0.39 is 18.0 Å². The van der Waals surface area contributed by atoms with Gasteiger partial charge in [-0.05, 0) is 80.1 Å². The van der Waals surface area contributed by atoms with Gasteiger partial charge in [-0.3, -0.25) is 0 Å². The van der Waals surface area contributed by atoms with Crippen LogP contribution in [0.1, 0.15) is 74.0 Å². The van der Waals surface area contributed by atoms with Crippen LogP contribution in [0.4, 0.5) is 18.0 Å². The number of nitriles is 1. The van der Waals surface area contributed by atoms with Crippen LogP contribution in [0.2, 0.25) is 0 Å². The summed E-state index contributed by atoms with van der Waals surface area (Å²) in [5.74, 6) is 1.01. The third kappa shape index (κ3) is 6.37. The second-order valence-electron chi connectivity index (χ2n) is 12.4. The number of benzene rings is 2. The van der Waals surface area contributed by atoms with Crippen molar-refractivity contribution in [3.63, 3.8) is 0 Å². The van der Waals surface area contributed by atoms with Crippen molar-refractivity contribution < 1.29 is 32.2 Å². The molecule has 0 bridgehead atoms. The fourth-order valence-corrected chi connectivity index (χ4v) is 6.67. The molecule has 0 spiro atoms. The van der Waals surface area contributed by atoms with Gasteiger partial charge in [0.15, 0.2) is 0 Å². The molecule has 3 aliphatic rings. The molecule has 4 aromatic rings. The summed E-state index contributed by atoms with van der Waals surface area (Å²) < 4.78 is 59.0. The van der Waals surface area contributed by atoms with Gasteiger partial charge in [-0.1, -0.05) is 0 Å². The van der Waals surface area contributed by atoms with Gasteiger partial charge in [-0.15, -0.1) is 0 Å². The predicted octanol–water partition coefficient (Wildman–Crippen LogP) is 7.65. The van der Waals surface area contributed by atoms with Crippen LogP contribution in [0.25, 0.3) is 22.2 Å². The minimum absolute atomic E-state index is 0.106. The number of fused-ring (bicyclic) bond motifs is 1. The molecule has 3 fully saturated rings. The van der Waals surface area contributed by atoms with E-state index in [1.807, 2.05) is 30.3 Å². The molecule has 4 heterocycles. The van der Waals surface area contributed by atoms with E-state index in [1.165, 1.54) is 0 Å². The lowest BCUT2D eigenvalue weighted by atomic mass is 9.92. The first kappa shape index (κ1) is 31.0. The lowest BCUT2D eigenvalue weighted by Gasteiger charge is -2.31. The van der Waals surface area contributed by atoms with Gasteiger partial charge in [0.1, 0.15) is 35.2 Å². The quantitative estimate of drug-likeness (QED) is 0.212. The molecule has 9 nitrogen and oxygen atoms in total. The molecule has 1 aliphatic carbocycles. The molecule has 0 atom stereocenters. The van der Waals surface area contributed by atoms with Gasteiger partial charge in [0.25, 0.3) is 0 Å². The number of piperidine rings is 1. The number of ether oxygens (including phenoxy) is 3. The van der Waals surface area contributed by atoms with Gasteiger partial charge in [0, 0.05) is 55.5 Å². The van der Waals surface area contributed by atoms with Crippen molar-refractivity contribution in [2.75, 3.05) is 26.3 Å². The second kappa shape index (κ2) is 12.9. The van der Waals surface area contributed by atoms with Gasteiger partial charge in [-0.25, -0.2) is 14.8 Å². The first-order valence-electron chi connectivity index (χ1n) is 16.1. The van der Waals surface area contributed by atoms with Crippen LogP contribution in [0, 0.1) is 11.3 Å². The minimum atomic E-state index is -4.54. The Balaban J connectivity index is 1.06. The van der Waals surface area contributed by atoms with Crippen molar-refractivity contribution >= 4 is 17.0 Å². The molecule has 47 heavy (non-hydrogen) atoms. The maximum absolute atomic E-state index is 13.1. The van der Waals surface area contributed by atoms with Gasteiger partial charge < -0.3 is 23.7 Å². The number of hydrogen-bond donors (Lipinski definition) is 0. The number of likely N-dealkylation sites (tertiary alicyclic amines) is 1. The number of nitrogens with zero attached hydrogens (tertiary/aromatic N) is 5. The van der Waals surface area contributed by atoms with Crippen LogP contribution in [0.5, 0.6) is 11.5 Å². The average Bonchev–Trinajstić information content (AvgIpc) is 3.37. The monoisotopic (exact) mass is 645 g/mol. The van der Waals surface area contributed by atoms with Crippen molar-refractivity contribution in [1.82, 2.24) is 19.4 Å². The highest BCUT2D eigenvalue weighted by atomic mass is 19.4. The summed E-state index contributed by atoms with van der Waals surface area (Å²) >= 11 is 0. The summed E-state index contributed by atoms with van der Waals surface area (Å²) in [7, 11) is 0. The highest BCUT2D eigenvalue weighted by Crippen LogP contribution is 2.44. The molecular weight excluding hydrogens is 611 g/mol.